The molecule has 0 bridgehead atoms. The molecule has 0 aliphatic carbocycles. The largest absolute Gasteiger partial charge is 0.463 e. The zero-order valence-electron chi connectivity index (χ0n) is 21.9. The monoisotopic (exact) mass is 502 g/mol. The number of amides is 1. The molecule has 2 aromatic heterocycles. The highest BCUT2D eigenvalue weighted by molar-refractivity contribution is 5.88. The molecule has 37 heavy (non-hydrogen) atoms. The van der Waals surface area contributed by atoms with Crippen molar-refractivity contribution in [1.82, 2.24) is 14.9 Å². The van der Waals surface area contributed by atoms with Crippen LogP contribution < -0.4 is 4.90 Å². The summed E-state index contributed by atoms with van der Waals surface area (Å²) < 4.78 is 10.7. The lowest BCUT2D eigenvalue weighted by molar-refractivity contribution is -0.137. The highest BCUT2D eigenvalue weighted by atomic mass is 16.6. The number of hydrogen-bond donors (Lipinski definition) is 0. The lowest BCUT2D eigenvalue weighted by Crippen LogP contribution is -2.45. The van der Waals surface area contributed by atoms with E-state index < -0.39 is 17.7 Å². The number of anilines is 1. The third-order valence-corrected chi connectivity index (χ3v) is 5.96. The lowest BCUT2D eigenvalue weighted by Gasteiger charge is -2.31. The summed E-state index contributed by atoms with van der Waals surface area (Å²) in [6.45, 7) is 9.86. The second kappa shape index (κ2) is 11.5. The van der Waals surface area contributed by atoms with Crippen LogP contribution in [0.15, 0.2) is 60.8 Å². The van der Waals surface area contributed by atoms with Crippen LogP contribution in [0.25, 0.3) is 17.0 Å². The van der Waals surface area contributed by atoms with Crippen LogP contribution in [0.1, 0.15) is 45.4 Å². The van der Waals surface area contributed by atoms with Crippen molar-refractivity contribution < 1.29 is 19.1 Å². The number of esters is 1. The van der Waals surface area contributed by atoms with Gasteiger partial charge < -0.3 is 9.47 Å². The van der Waals surface area contributed by atoms with Crippen LogP contribution in [-0.2, 0) is 20.8 Å². The van der Waals surface area contributed by atoms with E-state index in [4.69, 9.17) is 14.5 Å². The van der Waals surface area contributed by atoms with Crippen LogP contribution in [0.3, 0.4) is 0 Å². The van der Waals surface area contributed by atoms with Gasteiger partial charge in [0.05, 0.1) is 23.9 Å². The number of carbonyl (C=O) groups is 2. The molecule has 3 aromatic rings. The van der Waals surface area contributed by atoms with Crippen LogP contribution in [0.5, 0.6) is 0 Å². The van der Waals surface area contributed by atoms with Crippen LogP contribution in [0.2, 0.25) is 0 Å². The van der Waals surface area contributed by atoms with E-state index in [0.29, 0.717) is 25.5 Å². The minimum absolute atomic E-state index is 0.0938. The Bertz CT molecular complexity index is 1270. The second-order valence-electron chi connectivity index (χ2n) is 10.1. The summed E-state index contributed by atoms with van der Waals surface area (Å²) in [6, 6.07) is 15.7. The molecule has 0 unspecified atom stereocenters. The number of fused-ring (bicyclic) bond motifs is 1. The molecule has 0 radical (unpaired) electrons. The zero-order chi connectivity index (χ0) is 26.4. The van der Waals surface area contributed by atoms with Gasteiger partial charge in [0.15, 0.2) is 0 Å². The molecule has 3 heterocycles. The summed E-state index contributed by atoms with van der Waals surface area (Å²) in [7, 11) is 0. The Morgan fingerprint density at radius 1 is 1.14 bits per heavy atom. The number of pyridine rings is 2. The quantitative estimate of drug-likeness (QED) is 0.323. The number of ether oxygens (including phenoxy) is 2. The molecule has 8 nitrogen and oxygen atoms in total. The van der Waals surface area contributed by atoms with E-state index in [1.807, 2.05) is 45.0 Å². The van der Waals surface area contributed by atoms with E-state index in [-0.39, 0.29) is 6.04 Å². The van der Waals surface area contributed by atoms with Gasteiger partial charge in [-0.15, -0.1) is 0 Å². The average molecular weight is 503 g/mol. The molecule has 1 aliphatic rings. The van der Waals surface area contributed by atoms with Crippen LogP contribution in [-0.4, -0.2) is 58.3 Å². The average Bonchev–Trinajstić information content (AvgIpc) is 3.30. The van der Waals surface area contributed by atoms with Gasteiger partial charge in [0.25, 0.3) is 0 Å². The van der Waals surface area contributed by atoms with E-state index in [1.54, 1.807) is 30.2 Å². The molecule has 4 rings (SSSR count). The van der Waals surface area contributed by atoms with Crippen LogP contribution >= 0.6 is 0 Å². The number of benzene rings is 1. The van der Waals surface area contributed by atoms with Gasteiger partial charge in [-0.2, -0.15) is 0 Å². The molecule has 1 aromatic carbocycles. The Hall–Kier alpha value is -3.78. The van der Waals surface area contributed by atoms with Crippen LogP contribution in [0, 0.1) is 0 Å². The summed E-state index contributed by atoms with van der Waals surface area (Å²) in [5.41, 5.74) is 2.08. The van der Waals surface area contributed by atoms with E-state index in [9.17, 15) is 9.59 Å². The molecule has 1 fully saturated rings. The topological polar surface area (TPSA) is 84.9 Å². The summed E-state index contributed by atoms with van der Waals surface area (Å²) in [4.78, 5) is 38.2. The maximum Gasteiger partial charge on any atom is 0.416 e. The standard InChI is InChI=1S/C29H34N4O4/c1-5-36-27(34)15-11-21-10-14-26(30-18-21)33(28(35)37-29(2,3)4)24-16-17-32(20-24)19-23-13-12-22-8-6-7-9-25(22)31-23/h6-15,18,24H,5,16-17,19-20H2,1-4H3/b15-11+/t24-/m1/s1. The minimum atomic E-state index is -0.634. The SMILES string of the molecule is CCOC(=O)/C=C/c1ccc(N(C(=O)OC(C)(C)C)[C@@H]2CCN(Cc3ccc4ccccc4n3)C2)nc1. The van der Waals surface area contributed by atoms with Gasteiger partial charge in [-0.1, -0.05) is 24.3 Å². The Balaban J connectivity index is 1.49. The Kier molecular flexibility index (Phi) is 8.18. The Morgan fingerprint density at radius 3 is 2.68 bits per heavy atom. The summed E-state index contributed by atoms with van der Waals surface area (Å²) in [6.07, 6.45) is 5.00. The first-order chi connectivity index (χ1) is 17.7. The fourth-order valence-electron chi connectivity index (χ4n) is 4.33. The summed E-state index contributed by atoms with van der Waals surface area (Å²) in [5, 5.41) is 1.12. The van der Waals surface area contributed by atoms with Crippen molar-refractivity contribution in [3.8, 4) is 0 Å². The molecule has 1 atom stereocenters. The second-order valence-corrected chi connectivity index (χ2v) is 10.1. The number of carbonyl (C=O) groups excluding carboxylic acids is 2. The Morgan fingerprint density at radius 2 is 1.95 bits per heavy atom. The molecule has 8 heteroatoms. The van der Waals surface area contributed by atoms with Gasteiger partial charge in [-0.05, 0) is 70.0 Å². The van der Waals surface area contributed by atoms with Gasteiger partial charge in [-0.25, -0.2) is 14.6 Å². The van der Waals surface area contributed by atoms with E-state index in [2.05, 4.69) is 28.1 Å². The number of rotatable bonds is 7. The fraction of sp³-hybridized carbons (Fsp3) is 0.379. The lowest BCUT2D eigenvalue weighted by atomic mass is 10.2. The van der Waals surface area contributed by atoms with Gasteiger partial charge >= 0.3 is 12.1 Å². The minimum Gasteiger partial charge on any atom is -0.463 e. The normalized spacial score (nSPS) is 16.3. The van der Waals surface area contributed by atoms with Crippen molar-refractivity contribution in [2.24, 2.45) is 0 Å². The van der Waals surface area contributed by atoms with E-state index in [0.717, 1.165) is 35.1 Å². The number of hydrogen-bond acceptors (Lipinski definition) is 7. The van der Waals surface area contributed by atoms with Crippen molar-refractivity contribution in [3.63, 3.8) is 0 Å². The number of nitrogens with zero attached hydrogens (tertiary/aromatic N) is 4. The van der Waals surface area contributed by atoms with Crippen molar-refractivity contribution in [1.29, 1.82) is 0 Å². The third kappa shape index (κ3) is 7.13. The maximum atomic E-state index is 13.3. The molecule has 1 aliphatic heterocycles. The third-order valence-electron chi connectivity index (χ3n) is 5.96. The number of likely N-dealkylation sites (tertiary alicyclic amines) is 1. The zero-order valence-corrected chi connectivity index (χ0v) is 21.9. The van der Waals surface area contributed by atoms with Crippen molar-refractivity contribution >= 4 is 34.9 Å². The molecular formula is C29H34N4O4. The Labute approximate surface area is 217 Å². The predicted octanol–water partition coefficient (Wildman–Crippen LogP) is 5.22. The number of para-hydroxylation sites is 1. The summed E-state index contributed by atoms with van der Waals surface area (Å²) >= 11 is 0. The molecule has 0 N–H and O–H groups in total. The molecule has 0 saturated carbocycles. The summed E-state index contributed by atoms with van der Waals surface area (Å²) in [5.74, 6) is 0.104. The molecular weight excluding hydrogens is 468 g/mol. The first-order valence-corrected chi connectivity index (χ1v) is 12.6. The molecule has 194 valence electrons. The first kappa shape index (κ1) is 26.3. The molecule has 1 saturated heterocycles. The highest BCUT2D eigenvalue weighted by Gasteiger charge is 2.35. The van der Waals surface area contributed by atoms with Gasteiger partial charge in [0.1, 0.15) is 11.4 Å². The molecule has 0 spiro atoms. The highest BCUT2D eigenvalue weighted by Crippen LogP contribution is 2.26. The van der Waals surface area contributed by atoms with Crippen molar-refractivity contribution in [2.75, 3.05) is 24.6 Å². The van der Waals surface area contributed by atoms with Crippen molar-refractivity contribution in [3.05, 3.63) is 72.1 Å². The van der Waals surface area contributed by atoms with Gasteiger partial charge in [0.2, 0.25) is 0 Å². The van der Waals surface area contributed by atoms with E-state index >= 15 is 0 Å². The van der Waals surface area contributed by atoms with Crippen molar-refractivity contribution in [2.45, 2.75) is 52.3 Å². The maximum absolute atomic E-state index is 13.3. The first-order valence-electron chi connectivity index (χ1n) is 12.6. The van der Waals surface area contributed by atoms with Gasteiger partial charge in [-0.3, -0.25) is 14.8 Å². The van der Waals surface area contributed by atoms with Gasteiger partial charge in [0, 0.05) is 37.3 Å². The molecule has 1 amide bonds. The number of aromatic nitrogens is 2. The smallest absolute Gasteiger partial charge is 0.416 e. The predicted molar refractivity (Wildman–Crippen MR) is 144 cm³/mol. The van der Waals surface area contributed by atoms with E-state index in [1.165, 1.54) is 6.08 Å². The fourth-order valence-corrected chi connectivity index (χ4v) is 4.33. The van der Waals surface area contributed by atoms with Crippen LogP contribution in [0.4, 0.5) is 10.6 Å².